The maximum atomic E-state index is 3.58. The molecule has 0 amide bonds. The van der Waals surface area contributed by atoms with Crippen molar-refractivity contribution in [1.29, 1.82) is 0 Å². The maximum Gasteiger partial charge on any atom is 0.0110 e. The number of nitrogens with zero attached hydrogens (tertiary/aromatic N) is 1. The summed E-state index contributed by atoms with van der Waals surface area (Å²) in [5.41, 5.74) is 0. The van der Waals surface area contributed by atoms with Crippen molar-refractivity contribution in [2.75, 3.05) is 26.2 Å². The summed E-state index contributed by atoms with van der Waals surface area (Å²) in [4.78, 5) is 2.74. The highest BCUT2D eigenvalue weighted by Gasteiger charge is 2.32. The molecule has 2 aliphatic carbocycles. The van der Waals surface area contributed by atoms with Crippen LogP contribution in [0.1, 0.15) is 46.0 Å². The van der Waals surface area contributed by atoms with Crippen molar-refractivity contribution in [1.82, 2.24) is 10.2 Å². The molecule has 0 aromatic carbocycles. The summed E-state index contributed by atoms with van der Waals surface area (Å²) in [6.07, 6.45) is 7.21. The molecule has 0 aromatic heterocycles. The van der Waals surface area contributed by atoms with Gasteiger partial charge in [0.15, 0.2) is 0 Å². The Bertz CT molecular complexity index is 195. The molecular formula is C14H28N2. The topological polar surface area (TPSA) is 15.3 Å². The van der Waals surface area contributed by atoms with E-state index in [0.29, 0.717) is 0 Å². The lowest BCUT2D eigenvalue weighted by Gasteiger charge is -2.22. The molecule has 2 aliphatic rings. The van der Waals surface area contributed by atoms with Crippen molar-refractivity contribution in [3.8, 4) is 0 Å². The molecule has 0 radical (unpaired) electrons. The molecule has 2 nitrogen and oxygen atoms in total. The van der Waals surface area contributed by atoms with Gasteiger partial charge < -0.3 is 5.32 Å². The third-order valence-corrected chi connectivity index (χ3v) is 3.73. The summed E-state index contributed by atoms with van der Waals surface area (Å²) in [5, 5.41) is 3.58. The molecule has 16 heavy (non-hydrogen) atoms. The van der Waals surface area contributed by atoms with Crippen LogP contribution in [-0.2, 0) is 0 Å². The summed E-state index contributed by atoms with van der Waals surface area (Å²) >= 11 is 0. The van der Waals surface area contributed by atoms with Crippen molar-refractivity contribution in [2.24, 2.45) is 11.8 Å². The van der Waals surface area contributed by atoms with Crippen molar-refractivity contribution >= 4 is 0 Å². The smallest absolute Gasteiger partial charge is 0.0110 e. The minimum atomic E-state index is 0.832. The molecule has 0 aromatic rings. The Kier molecular flexibility index (Phi) is 4.66. The monoisotopic (exact) mass is 224 g/mol. The molecule has 0 unspecified atom stereocenters. The molecule has 0 atom stereocenters. The lowest BCUT2D eigenvalue weighted by Crippen LogP contribution is -2.35. The van der Waals surface area contributed by atoms with Crippen LogP contribution < -0.4 is 5.32 Å². The van der Waals surface area contributed by atoms with E-state index in [2.05, 4.69) is 24.1 Å². The highest BCUT2D eigenvalue weighted by Crippen LogP contribution is 2.34. The van der Waals surface area contributed by atoms with Crippen LogP contribution in [0.25, 0.3) is 0 Å². The minimum absolute atomic E-state index is 0.832. The first-order valence-corrected chi connectivity index (χ1v) is 7.20. The Morgan fingerprint density at radius 3 is 2.44 bits per heavy atom. The summed E-state index contributed by atoms with van der Waals surface area (Å²) in [6, 6.07) is 0.951. The zero-order valence-corrected chi connectivity index (χ0v) is 11.0. The molecule has 2 fully saturated rings. The predicted octanol–water partition coefficient (Wildman–Crippen LogP) is 2.50. The standard InChI is InChI=1S/C14H28N2/c1-12(2)7-8-15-9-10-16(14-5-6-14)11-13-3-4-13/h12-15H,3-11H2,1-2H3. The van der Waals surface area contributed by atoms with Gasteiger partial charge in [-0.15, -0.1) is 0 Å². The Labute approximate surface area is 101 Å². The first-order valence-electron chi connectivity index (χ1n) is 7.20. The molecule has 2 rings (SSSR count). The van der Waals surface area contributed by atoms with Crippen molar-refractivity contribution in [3.63, 3.8) is 0 Å². The number of nitrogens with one attached hydrogen (secondary N) is 1. The van der Waals surface area contributed by atoms with E-state index >= 15 is 0 Å². The van der Waals surface area contributed by atoms with Gasteiger partial charge in [0.05, 0.1) is 0 Å². The maximum absolute atomic E-state index is 3.58. The number of hydrogen-bond acceptors (Lipinski definition) is 2. The molecule has 1 N–H and O–H groups in total. The Morgan fingerprint density at radius 2 is 1.88 bits per heavy atom. The van der Waals surface area contributed by atoms with Gasteiger partial charge in [-0.3, -0.25) is 4.90 Å². The van der Waals surface area contributed by atoms with Crippen LogP contribution in [0.15, 0.2) is 0 Å². The third kappa shape index (κ3) is 4.84. The Balaban J connectivity index is 1.51. The van der Waals surface area contributed by atoms with E-state index in [1.807, 2.05) is 0 Å². The van der Waals surface area contributed by atoms with Gasteiger partial charge in [0.2, 0.25) is 0 Å². The number of rotatable bonds is 9. The van der Waals surface area contributed by atoms with E-state index in [9.17, 15) is 0 Å². The largest absolute Gasteiger partial charge is 0.315 e. The summed E-state index contributed by atoms with van der Waals surface area (Å²) in [7, 11) is 0. The van der Waals surface area contributed by atoms with Crippen LogP contribution in [0.2, 0.25) is 0 Å². The van der Waals surface area contributed by atoms with E-state index in [-0.39, 0.29) is 0 Å². The first kappa shape index (κ1) is 12.4. The minimum Gasteiger partial charge on any atom is -0.315 e. The number of hydrogen-bond donors (Lipinski definition) is 1. The van der Waals surface area contributed by atoms with E-state index in [0.717, 1.165) is 17.9 Å². The molecule has 0 heterocycles. The van der Waals surface area contributed by atoms with Gasteiger partial charge in [0.1, 0.15) is 0 Å². The van der Waals surface area contributed by atoms with Crippen LogP contribution in [0.4, 0.5) is 0 Å². The molecule has 94 valence electrons. The molecule has 0 saturated heterocycles. The summed E-state index contributed by atoms with van der Waals surface area (Å²) in [6.45, 7) is 9.64. The molecule has 2 saturated carbocycles. The summed E-state index contributed by atoms with van der Waals surface area (Å²) in [5.74, 6) is 1.88. The molecule has 2 heteroatoms. The SMILES string of the molecule is CC(C)CCNCCN(CC1CC1)C1CC1. The summed E-state index contributed by atoms with van der Waals surface area (Å²) < 4.78 is 0. The second-order valence-electron chi connectivity index (χ2n) is 6.10. The van der Waals surface area contributed by atoms with Gasteiger partial charge in [0, 0.05) is 25.7 Å². The van der Waals surface area contributed by atoms with Gasteiger partial charge in [-0.2, -0.15) is 0 Å². The normalized spacial score (nSPS) is 21.0. The van der Waals surface area contributed by atoms with Crippen molar-refractivity contribution in [2.45, 2.75) is 52.0 Å². The highest BCUT2D eigenvalue weighted by molar-refractivity contribution is 4.88. The first-order chi connectivity index (χ1) is 7.75. The molecule has 0 aliphatic heterocycles. The lowest BCUT2D eigenvalue weighted by atomic mass is 10.1. The van der Waals surface area contributed by atoms with Crippen LogP contribution in [0, 0.1) is 11.8 Å². The predicted molar refractivity (Wildman–Crippen MR) is 69.6 cm³/mol. The zero-order valence-electron chi connectivity index (χ0n) is 11.0. The average Bonchev–Trinajstić information content (AvgIpc) is 3.08. The van der Waals surface area contributed by atoms with Gasteiger partial charge >= 0.3 is 0 Å². The second kappa shape index (κ2) is 6.02. The molecular weight excluding hydrogens is 196 g/mol. The van der Waals surface area contributed by atoms with E-state index in [1.165, 1.54) is 58.3 Å². The fourth-order valence-electron chi connectivity index (χ4n) is 2.23. The van der Waals surface area contributed by atoms with Crippen molar-refractivity contribution < 1.29 is 0 Å². The second-order valence-corrected chi connectivity index (χ2v) is 6.10. The van der Waals surface area contributed by atoms with Crippen LogP contribution >= 0.6 is 0 Å². The van der Waals surface area contributed by atoms with Gasteiger partial charge in [-0.05, 0) is 50.5 Å². The van der Waals surface area contributed by atoms with Crippen LogP contribution in [0.3, 0.4) is 0 Å². The van der Waals surface area contributed by atoms with Gasteiger partial charge in [-0.1, -0.05) is 13.8 Å². The molecule has 0 spiro atoms. The van der Waals surface area contributed by atoms with E-state index in [1.54, 1.807) is 0 Å². The fourth-order valence-corrected chi connectivity index (χ4v) is 2.23. The Morgan fingerprint density at radius 1 is 1.12 bits per heavy atom. The van der Waals surface area contributed by atoms with Gasteiger partial charge in [0.25, 0.3) is 0 Å². The van der Waals surface area contributed by atoms with Crippen molar-refractivity contribution in [3.05, 3.63) is 0 Å². The van der Waals surface area contributed by atoms with Crippen LogP contribution in [0.5, 0.6) is 0 Å². The fraction of sp³-hybridized carbons (Fsp3) is 1.00. The molecule has 0 bridgehead atoms. The van der Waals surface area contributed by atoms with E-state index < -0.39 is 0 Å². The van der Waals surface area contributed by atoms with Crippen LogP contribution in [-0.4, -0.2) is 37.1 Å². The quantitative estimate of drug-likeness (QED) is 0.605. The average molecular weight is 224 g/mol. The highest BCUT2D eigenvalue weighted by atomic mass is 15.2. The van der Waals surface area contributed by atoms with Gasteiger partial charge in [-0.25, -0.2) is 0 Å². The third-order valence-electron chi connectivity index (χ3n) is 3.73. The Hall–Kier alpha value is -0.0800. The lowest BCUT2D eigenvalue weighted by molar-refractivity contribution is 0.252. The zero-order chi connectivity index (χ0) is 11.4. The van der Waals surface area contributed by atoms with E-state index in [4.69, 9.17) is 0 Å².